The minimum Gasteiger partial charge on any atom is -0.381 e. The van der Waals surface area contributed by atoms with Gasteiger partial charge in [0.05, 0.1) is 6.61 Å². The highest BCUT2D eigenvalue weighted by Crippen LogP contribution is 2.30. The van der Waals surface area contributed by atoms with Crippen LogP contribution in [0.3, 0.4) is 0 Å². The first kappa shape index (κ1) is 21.3. The van der Waals surface area contributed by atoms with E-state index in [1.54, 1.807) is 0 Å². The lowest BCUT2D eigenvalue weighted by molar-refractivity contribution is -0.0164. The minimum atomic E-state index is 0.235. The predicted octanol–water partition coefficient (Wildman–Crippen LogP) is 1.30. The maximum Gasteiger partial charge on any atom is 0.191 e. The molecule has 1 atom stereocenters. The first-order valence-electron chi connectivity index (χ1n) is 11.9. The lowest BCUT2D eigenvalue weighted by atomic mass is 9.88. The van der Waals surface area contributed by atoms with Gasteiger partial charge in [0, 0.05) is 64.6 Å². The molecule has 0 aromatic rings. The zero-order valence-electron chi connectivity index (χ0n) is 18.3. The van der Waals surface area contributed by atoms with Gasteiger partial charge >= 0.3 is 0 Å². The summed E-state index contributed by atoms with van der Waals surface area (Å²) in [4.78, 5) is 9.87. The summed E-state index contributed by atoms with van der Waals surface area (Å²) in [6.45, 7) is 10.7. The van der Waals surface area contributed by atoms with Crippen molar-refractivity contribution < 1.29 is 9.47 Å². The average molecular weight is 408 g/mol. The Morgan fingerprint density at radius 1 is 1.00 bits per heavy atom. The number of rotatable bonds is 6. The summed E-state index contributed by atoms with van der Waals surface area (Å²) in [5.74, 6) is 1.72. The molecule has 2 N–H and O–H groups in total. The van der Waals surface area contributed by atoms with Gasteiger partial charge in [-0.25, -0.2) is 0 Å². The van der Waals surface area contributed by atoms with Gasteiger partial charge in [0.2, 0.25) is 0 Å². The van der Waals surface area contributed by atoms with Gasteiger partial charge in [0.15, 0.2) is 5.96 Å². The molecule has 166 valence electrons. The molecule has 4 heterocycles. The van der Waals surface area contributed by atoms with Crippen LogP contribution in [0.15, 0.2) is 4.99 Å². The van der Waals surface area contributed by atoms with Gasteiger partial charge in [-0.15, -0.1) is 0 Å². The van der Waals surface area contributed by atoms with Crippen molar-refractivity contribution in [2.45, 2.75) is 56.5 Å². The third-order valence-corrected chi connectivity index (χ3v) is 7.48. The number of guanidine groups is 1. The van der Waals surface area contributed by atoms with E-state index in [0.717, 1.165) is 57.7 Å². The van der Waals surface area contributed by atoms with Gasteiger partial charge in [-0.05, 0) is 64.0 Å². The van der Waals surface area contributed by atoms with E-state index in [2.05, 4.69) is 25.4 Å². The fraction of sp³-hybridized carbons (Fsp3) is 0.955. The molecular formula is C22H41N5O2. The van der Waals surface area contributed by atoms with Crippen molar-refractivity contribution >= 4 is 5.96 Å². The highest BCUT2D eigenvalue weighted by molar-refractivity contribution is 5.80. The van der Waals surface area contributed by atoms with Crippen LogP contribution in [0.4, 0.5) is 0 Å². The van der Waals surface area contributed by atoms with E-state index in [0.29, 0.717) is 6.04 Å². The summed E-state index contributed by atoms with van der Waals surface area (Å²) in [6.07, 6.45) is 8.54. The third-order valence-electron chi connectivity index (χ3n) is 7.48. The summed E-state index contributed by atoms with van der Waals surface area (Å²) in [6, 6.07) is 0.523. The van der Waals surface area contributed by atoms with E-state index >= 15 is 0 Å². The smallest absolute Gasteiger partial charge is 0.191 e. The van der Waals surface area contributed by atoms with Gasteiger partial charge in [0.1, 0.15) is 0 Å². The van der Waals surface area contributed by atoms with Gasteiger partial charge in [0.25, 0.3) is 0 Å². The van der Waals surface area contributed by atoms with Crippen molar-refractivity contribution in [1.82, 2.24) is 20.4 Å². The van der Waals surface area contributed by atoms with Gasteiger partial charge < -0.3 is 25.0 Å². The van der Waals surface area contributed by atoms with Crippen LogP contribution in [-0.4, -0.2) is 100 Å². The molecule has 0 aliphatic carbocycles. The number of piperidine rings is 1. The molecule has 29 heavy (non-hydrogen) atoms. The second kappa shape index (κ2) is 10.4. The highest BCUT2D eigenvalue weighted by Gasteiger charge is 2.39. The molecule has 0 aromatic carbocycles. The fourth-order valence-electron chi connectivity index (χ4n) is 5.54. The summed E-state index contributed by atoms with van der Waals surface area (Å²) in [5, 5.41) is 7.39. The first-order valence-corrected chi connectivity index (χ1v) is 11.9. The molecule has 4 fully saturated rings. The number of aliphatic imine (C=N–C) groups is 1. The Bertz CT molecular complexity index is 517. The Hall–Kier alpha value is -0.890. The van der Waals surface area contributed by atoms with E-state index in [1.165, 1.54) is 64.8 Å². The number of likely N-dealkylation sites (tertiary alicyclic amines) is 2. The monoisotopic (exact) mass is 407 g/mol. The van der Waals surface area contributed by atoms with Crippen LogP contribution in [0, 0.1) is 5.92 Å². The van der Waals surface area contributed by atoms with E-state index in [-0.39, 0.29) is 5.54 Å². The minimum absolute atomic E-state index is 0.235. The van der Waals surface area contributed by atoms with Crippen LogP contribution in [0.25, 0.3) is 0 Å². The van der Waals surface area contributed by atoms with Crippen LogP contribution < -0.4 is 10.6 Å². The number of hydrogen-bond acceptors (Lipinski definition) is 5. The SMILES string of the molecule is CN=C(NCC1(N2CCCC2)CCOCC1)NC1CCN(CC2CCOC2)CC1. The van der Waals surface area contributed by atoms with Crippen LogP contribution in [0.5, 0.6) is 0 Å². The zero-order valence-corrected chi connectivity index (χ0v) is 18.3. The largest absolute Gasteiger partial charge is 0.381 e. The average Bonchev–Trinajstić information content (AvgIpc) is 3.48. The molecule has 0 spiro atoms. The highest BCUT2D eigenvalue weighted by atomic mass is 16.5. The van der Waals surface area contributed by atoms with Crippen LogP contribution in [0.1, 0.15) is 44.9 Å². The Morgan fingerprint density at radius 3 is 2.41 bits per heavy atom. The lowest BCUT2D eigenvalue weighted by Gasteiger charge is -2.45. The summed E-state index contributed by atoms with van der Waals surface area (Å²) < 4.78 is 11.2. The van der Waals surface area contributed by atoms with Crippen molar-refractivity contribution in [1.29, 1.82) is 0 Å². The van der Waals surface area contributed by atoms with Crippen molar-refractivity contribution in [3.05, 3.63) is 0 Å². The number of nitrogens with one attached hydrogen (secondary N) is 2. The standard InChI is InChI=1S/C22H41N5O2/c1-23-21(24-18-22(7-14-28-15-8-22)27-9-2-3-10-27)25-20-4-11-26(12-5-20)16-19-6-13-29-17-19/h19-20H,2-18H2,1H3,(H2,23,24,25). The molecule has 7 heteroatoms. The second-order valence-corrected chi connectivity index (χ2v) is 9.41. The van der Waals surface area contributed by atoms with E-state index in [4.69, 9.17) is 9.47 Å². The molecule has 4 aliphatic rings. The Balaban J connectivity index is 1.23. The molecule has 0 amide bonds. The molecule has 0 saturated carbocycles. The van der Waals surface area contributed by atoms with Crippen molar-refractivity contribution in [3.63, 3.8) is 0 Å². The Kier molecular flexibility index (Phi) is 7.67. The van der Waals surface area contributed by atoms with Gasteiger partial charge in [-0.1, -0.05) is 0 Å². The topological polar surface area (TPSA) is 61.4 Å². The number of ether oxygens (including phenoxy) is 2. The second-order valence-electron chi connectivity index (χ2n) is 9.41. The maximum atomic E-state index is 5.68. The summed E-state index contributed by atoms with van der Waals surface area (Å²) >= 11 is 0. The predicted molar refractivity (Wildman–Crippen MR) is 116 cm³/mol. The quantitative estimate of drug-likeness (QED) is 0.511. The Morgan fingerprint density at radius 2 is 1.76 bits per heavy atom. The molecular weight excluding hydrogens is 366 g/mol. The van der Waals surface area contributed by atoms with Crippen LogP contribution in [0.2, 0.25) is 0 Å². The molecule has 0 bridgehead atoms. The molecule has 4 saturated heterocycles. The molecule has 0 aromatic heterocycles. The van der Waals surface area contributed by atoms with E-state index < -0.39 is 0 Å². The maximum absolute atomic E-state index is 5.68. The van der Waals surface area contributed by atoms with E-state index in [9.17, 15) is 0 Å². The molecule has 1 unspecified atom stereocenters. The van der Waals surface area contributed by atoms with Crippen molar-refractivity contribution in [3.8, 4) is 0 Å². The summed E-state index contributed by atoms with van der Waals surface area (Å²) in [7, 11) is 1.90. The third kappa shape index (κ3) is 5.63. The number of hydrogen-bond donors (Lipinski definition) is 2. The van der Waals surface area contributed by atoms with Gasteiger partial charge in [-0.2, -0.15) is 0 Å². The van der Waals surface area contributed by atoms with Crippen LogP contribution in [-0.2, 0) is 9.47 Å². The first-order chi connectivity index (χ1) is 14.3. The van der Waals surface area contributed by atoms with Gasteiger partial charge in [-0.3, -0.25) is 9.89 Å². The summed E-state index contributed by atoms with van der Waals surface area (Å²) in [5.41, 5.74) is 0.235. The van der Waals surface area contributed by atoms with Crippen molar-refractivity contribution in [2.24, 2.45) is 10.9 Å². The lowest BCUT2D eigenvalue weighted by Crippen LogP contribution is -2.59. The zero-order chi connectivity index (χ0) is 19.9. The van der Waals surface area contributed by atoms with Crippen molar-refractivity contribution in [2.75, 3.05) is 72.7 Å². The van der Waals surface area contributed by atoms with Crippen LogP contribution >= 0.6 is 0 Å². The number of nitrogens with zero attached hydrogens (tertiary/aromatic N) is 3. The normalized spacial score (nSPS) is 30.0. The Labute approximate surface area is 176 Å². The fourth-order valence-corrected chi connectivity index (χ4v) is 5.54. The van der Waals surface area contributed by atoms with E-state index in [1.807, 2.05) is 7.05 Å². The molecule has 0 radical (unpaired) electrons. The molecule has 4 aliphatic heterocycles. The molecule has 4 rings (SSSR count). The molecule has 7 nitrogen and oxygen atoms in total.